The number of amides is 1. The van der Waals surface area contributed by atoms with Crippen molar-refractivity contribution in [3.05, 3.63) is 42.7 Å². The third-order valence-electron chi connectivity index (χ3n) is 1.35. The van der Waals surface area contributed by atoms with E-state index in [1.807, 2.05) is 0 Å². The van der Waals surface area contributed by atoms with Crippen molar-refractivity contribution in [3.63, 3.8) is 0 Å². The Hall–Kier alpha value is -1.35. The van der Waals surface area contributed by atoms with Crippen LogP contribution in [-0.2, 0) is 0 Å². The van der Waals surface area contributed by atoms with Crippen molar-refractivity contribution in [2.75, 3.05) is 6.54 Å². The molecule has 0 saturated heterocycles. The maximum Gasteiger partial charge on any atom is 0.251 e. The molecule has 1 amide bonds. The molecule has 4 heteroatoms. The topological polar surface area (TPSA) is 42.0 Å². The van der Waals surface area contributed by atoms with Crippen LogP contribution in [0.4, 0.5) is 0 Å². The molecule has 1 rings (SSSR count). The number of pyridine rings is 1. The first kappa shape index (κ1) is 11.6. The minimum absolute atomic E-state index is 0. The number of carbonyl (C=O) groups is 1. The lowest BCUT2D eigenvalue weighted by atomic mass is 10.2. The van der Waals surface area contributed by atoms with Gasteiger partial charge >= 0.3 is 0 Å². The summed E-state index contributed by atoms with van der Waals surface area (Å²) in [4.78, 5) is 15.0. The zero-order valence-corrected chi connectivity index (χ0v) is 7.88. The third kappa shape index (κ3) is 3.71. The van der Waals surface area contributed by atoms with Crippen LogP contribution in [0.15, 0.2) is 37.2 Å². The molecule has 1 aromatic rings. The van der Waals surface area contributed by atoms with Gasteiger partial charge in [0, 0.05) is 24.5 Å². The van der Waals surface area contributed by atoms with E-state index in [0.717, 1.165) is 0 Å². The summed E-state index contributed by atoms with van der Waals surface area (Å²) in [5.74, 6) is -0.0997. The summed E-state index contributed by atoms with van der Waals surface area (Å²) in [6.07, 6.45) is 4.81. The van der Waals surface area contributed by atoms with Crippen molar-refractivity contribution in [2.24, 2.45) is 0 Å². The lowest BCUT2D eigenvalue weighted by molar-refractivity contribution is 0.0958. The Morgan fingerprint density at radius 1 is 1.54 bits per heavy atom. The molecule has 70 valence electrons. The average Bonchev–Trinajstić information content (AvgIpc) is 2.15. The van der Waals surface area contributed by atoms with E-state index in [0.29, 0.717) is 12.1 Å². The third-order valence-corrected chi connectivity index (χ3v) is 1.35. The Balaban J connectivity index is 0.00000144. The highest BCUT2D eigenvalue weighted by Gasteiger charge is 2.00. The van der Waals surface area contributed by atoms with Gasteiger partial charge in [-0.25, -0.2) is 0 Å². The van der Waals surface area contributed by atoms with Crippen molar-refractivity contribution >= 4 is 18.3 Å². The van der Waals surface area contributed by atoms with Gasteiger partial charge in [-0.3, -0.25) is 9.78 Å². The van der Waals surface area contributed by atoms with Crippen molar-refractivity contribution in [1.82, 2.24) is 10.3 Å². The molecule has 0 bridgehead atoms. The molecule has 1 aromatic heterocycles. The van der Waals surface area contributed by atoms with Gasteiger partial charge in [-0.1, -0.05) is 6.08 Å². The molecule has 0 atom stereocenters. The van der Waals surface area contributed by atoms with Gasteiger partial charge < -0.3 is 5.32 Å². The molecule has 0 unspecified atom stereocenters. The van der Waals surface area contributed by atoms with E-state index in [9.17, 15) is 4.79 Å². The molecular weight excluding hydrogens is 188 g/mol. The maximum atomic E-state index is 11.2. The van der Waals surface area contributed by atoms with Crippen molar-refractivity contribution in [3.8, 4) is 0 Å². The van der Waals surface area contributed by atoms with E-state index in [4.69, 9.17) is 0 Å². The summed E-state index contributed by atoms with van der Waals surface area (Å²) in [5.41, 5.74) is 0.617. The number of rotatable bonds is 3. The summed E-state index contributed by atoms with van der Waals surface area (Å²) in [6.45, 7) is 3.99. The van der Waals surface area contributed by atoms with Gasteiger partial charge in [0.1, 0.15) is 0 Å². The lowest BCUT2D eigenvalue weighted by Crippen LogP contribution is -2.22. The number of halogens is 1. The van der Waals surface area contributed by atoms with Gasteiger partial charge in [0.15, 0.2) is 0 Å². The Bertz CT molecular complexity index is 274. The second-order valence-corrected chi connectivity index (χ2v) is 2.23. The van der Waals surface area contributed by atoms with E-state index >= 15 is 0 Å². The Morgan fingerprint density at radius 2 is 2.15 bits per heavy atom. The van der Waals surface area contributed by atoms with E-state index in [2.05, 4.69) is 16.9 Å². The number of hydrogen-bond acceptors (Lipinski definition) is 2. The largest absolute Gasteiger partial charge is 0.349 e. The molecular formula is C9H11ClN2O. The molecule has 0 aliphatic rings. The molecule has 0 saturated carbocycles. The standard InChI is InChI=1S/C9H10N2O.ClH/c1-2-5-11-9(12)8-3-6-10-7-4-8;/h2-4,6-7H,1,5H2,(H,11,12);1H. The summed E-state index contributed by atoms with van der Waals surface area (Å²) in [5, 5.41) is 2.66. The quantitative estimate of drug-likeness (QED) is 0.747. The molecule has 0 radical (unpaired) electrons. The Labute approximate surface area is 83.3 Å². The number of nitrogens with zero attached hydrogens (tertiary/aromatic N) is 1. The molecule has 0 aromatic carbocycles. The van der Waals surface area contributed by atoms with Gasteiger partial charge in [0.05, 0.1) is 0 Å². The van der Waals surface area contributed by atoms with Crippen molar-refractivity contribution < 1.29 is 4.79 Å². The van der Waals surface area contributed by atoms with Crippen LogP contribution in [0.25, 0.3) is 0 Å². The predicted molar refractivity (Wildman–Crippen MR) is 54.0 cm³/mol. The molecule has 0 aliphatic heterocycles. The molecule has 13 heavy (non-hydrogen) atoms. The van der Waals surface area contributed by atoms with Crippen LogP contribution in [0.2, 0.25) is 0 Å². The normalized spacial score (nSPS) is 8.31. The van der Waals surface area contributed by atoms with Gasteiger partial charge in [0.25, 0.3) is 5.91 Å². The van der Waals surface area contributed by atoms with Crippen LogP contribution in [-0.4, -0.2) is 17.4 Å². The highest BCUT2D eigenvalue weighted by molar-refractivity contribution is 5.94. The van der Waals surface area contributed by atoms with Gasteiger partial charge in [-0.05, 0) is 12.1 Å². The van der Waals surface area contributed by atoms with Crippen LogP contribution in [0.3, 0.4) is 0 Å². The van der Waals surface area contributed by atoms with Crippen molar-refractivity contribution in [1.29, 1.82) is 0 Å². The number of carbonyl (C=O) groups excluding carboxylic acids is 1. The number of nitrogens with one attached hydrogen (secondary N) is 1. The van der Waals surface area contributed by atoms with E-state index < -0.39 is 0 Å². The first-order valence-electron chi connectivity index (χ1n) is 3.63. The van der Waals surface area contributed by atoms with E-state index in [1.54, 1.807) is 30.6 Å². The Morgan fingerprint density at radius 3 is 2.69 bits per heavy atom. The number of aromatic nitrogens is 1. The summed E-state index contributed by atoms with van der Waals surface area (Å²) >= 11 is 0. The monoisotopic (exact) mass is 198 g/mol. The van der Waals surface area contributed by atoms with E-state index in [-0.39, 0.29) is 18.3 Å². The summed E-state index contributed by atoms with van der Waals surface area (Å²) in [6, 6.07) is 3.33. The fraction of sp³-hybridized carbons (Fsp3) is 0.111. The second-order valence-electron chi connectivity index (χ2n) is 2.23. The second kappa shape index (κ2) is 6.20. The minimum atomic E-state index is -0.0997. The summed E-state index contributed by atoms with van der Waals surface area (Å²) in [7, 11) is 0. The maximum absolute atomic E-state index is 11.2. The Kier molecular flexibility index (Phi) is 5.55. The van der Waals surface area contributed by atoms with Crippen LogP contribution in [0.5, 0.6) is 0 Å². The molecule has 0 aliphatic carbocycles. The predicted octanol–water partition coefficient (Wildman–Crippen LogP) is 1.42. The highest BCUT2D eigenvalue weighted by Crippen LogP contribution is 1.94. The van der Waals surface area contributed by atoms with Gasteiger partial charge in [0.2, 0.25) is 0 Å². The number of hydrogen-bond donors (Lipinski definition) is 1. The van der Waals surface area contributed by atoms with Crippen molar-refractivity contribution in [2.45, 2.75) is 0 Å². The first-order chi connectivity index (χ1) is 5.84. The minimum Gasteiger partial charge on any atom is -0.349 e. The molecule has 1 N–H and O–H groups in total. The zero-order chi connectivity index (χ0) is 8.81. The van der Waals surface area contributed by atoms with Gasteiger partial charge in [-0.2, -0.15) is 0 Å². The summed E-state index contributed by atoms with van der Waals surface area (Å²) < 4.78 is 0. The molecule has 0 fully saturated rings. The smallest absolute Gasteiger partial charge is 0.251 e. The lowest BCUT2D eigenvalue weighted by Gasteiger charge is -1.99. The molecule has 0 spiro atoms. The SMILES string of the molecule is C=CCNC(=O)c1ccncc1.Cl. The van der Waals surface area contributed by atoms with Crippen LogP contribution in [0.1, 0.15) is 10.4 Å². The van der Waals surface area contributed by atoms with Crippen LogP contribution in [0, 0.1) is 0 Å². The van der Waals surface area contributed by atoms with Crippen LogP contribution < -0.4 is 5.32 Å². The van der Waals surface area contributed by atoms with Crippen LogP contribution >= 0.6 is 12.4 Å². The highest BCUT2D eigenvalue weighted by atomic mass is 35.5. The fourth-order valence-corrected chi connectivity index (χ4v) is 0.770. The average molecular weight is 199 g/mol. The van der Waals surface area contributed by atoms with Gasteiger partial charge in [-0.15, -0.1) is 19.0 Å². The van der Waals surface area contributed by atoms with E-state index in [1.165, 1.54) is 0 Å². The molecule has 1 heterocycles. The first-order valence-corrected chi connectivity index (χ1v) is 3.63. The zero-order valence-electron chi connectivity index (χ0n) is 7.06. The fourth-order valence-electron chi connectivity index (χ4n) is 0.770. The molecule has 3 nitrogen and oxygen atoms in total.